The minimum Gasteiger partial charge on any atom is -0.478 e. The SMILES string of the molecule is O=C(O)c1ccc2sc(Sc3ccc(NS(=O)(=O)c4ccc(Cl)cc4Cl)cc3Cl)nc2c1. The summed E-state index contributed by atoms with van der Waals surface area (Å²) in [5.41, 5.74) is 1.01. The summed E-state index contributed by atoms with van der Waals surface area (Å²) in [4.78, 5) is 16.1. The second kappa shape index (κ2) is 9.09. The highest BCUT2D eigenvalue weighted by atomic mass is 35.5. The summed E-state index contributed by atoms with van der Waals surface area (Å²) in [7, 11) is -3.94. The second-order valence-corrected chi connectivity index (χ2v) is 11.6. The number of rotatable bonds is 6. The van der Waals surface area contributed by atoms with E-state index in [1.54, 1.807) is 18.2 Å². The number of carboxylic acid groups (broad SMARTS) is 1. The first-order valence-corrected chi connectivity index (χ1v) is 13.0. The normalized spacial score (nSPS) is 11.6. The third-order valence-electron chi connectivity index (χ3n) is 4.18. The van der Waals surface area contributed by atoms with Gasteiger partial charge in [-0.15, -0.1) is 11.3 Å². The van der Waals surface area contributed by atoms with Gasteiger partial charge in [0, 0.05) is 9.92 Å². The van der Waals surface area contributed by atoms with Crippen molar-refractivity contribution in [1.29, 1.82) is 0 Å². The van der Waals surface area contributed by atoms with Gasteiger partial charge in [0.15, 0.2) is 4.34 Å². The van der Waals surface area contributed by atoms with Gasteiger partial charge in [-0.25, -0.2) is 18.2 Å². The average Bonchev–Trinajstić information content (AvgIpc) is 3.11. The van der Waals surface area contributed by atoms with Crippen LogP contribution >= 0.6 is 57.9 Å². The molecule has 0 atom stereocenters. The average molecular weight is 546 g/mol. The van der Waals surface area contributed by atoms with Gasteiger partial charge >= 0.3 is 5.97 Å². The molecule has 0 fully saturated rings. The third-order valence-corrected chi connectivity index (χ3v) is 8.88. The number of aromatic nitrogens is 1. The molecule has 0 aliphatic rings. The number of fused-ring (bicyclic) bond motifs is 1. The molecule has 2 N–H and O–H groups in total. The highest BCUT2D eigenvalue weighted by Gasteiger charge is 2.19. The largest absolute Gasteiger partial charge is 0.478 e. The molecule has 3 aromatic carbocycles. The quantitative estimate of drug-likeness (QED) is 0.273. The molecule has 0 aliphatic carbocycles. The van der Waals surface area contributed by atoms with E-state index in [4.69, 9.17) is 39.9 Å². The molecule has 0 amide bonds. The first-order valence-electron chi connectivity index (χ1n) is 8.71. The Balaban J connectivity index is 1.56. The van der Waals surface area contributed by atoms with Gasteiger partial charge in [-0.2, -0.15) is 0 Å². The highest BCUT2D eigenvalue weighted by Crippen LogP contribution is 2.39. The summed E-state index contributed by atoms with van der Waals surface area (Å²) >= 11 is 20.9. The predicted molar refractivity (Wildman–Crippen MR) is 129 cm³/mol. The zero-order valence-corrected chi connectivity index (χ0v) is 20.4. The topological polar surface area (TPSA) is 96.4 Å². The Labute approximate surface area is 206 Å². The van der Waals surface area contributed by atoms with Crippen molar-refractivity contribution in [1.82, 2.24) is 4.98 Å². The van der Waals surface area contributed by atoms with Crippen LogP contribution in [0.25, 0.3) is 10.2 Å². The van der Waals surface area contributed by atoms with Gasteiger partial charge in [-0.1, -0.05) is 46.6 Å². The Morgan fingerprint density at radius 1 is 1.00 bits per heavy atom. The number of sulfonamides is 1. The Morgan fingerprint density at radius 2 is 1.78 bits per heavy atom. The predicted octanol–water partition coefficient (Wildman–Crippen LogP) is 6.91. The fourth-order valence-corrected chi connectivity index (χ4v) is 6.85. The molecule has 32 heavy (non-hydrogen) atoms. The van der Waals surface area contributed by atoms with Crippen LogP contribution in [0.15, 0.2) is 68.7 Å². The van der Waals surface area contributed by atoms with Gasteiger partial charge in [0.05, 0.1) is 31.5 Å². The van der Waals surface area contributed by atoms with Crippen LogP contribution in [-0.2, 0) is 10.0 Å². The summed E-state index contributed by atoms with van der Waals surface area (Å²) < 4.78 is 29.3. The monoisotopic (exact) mass is 544 g/mol. The van der Waals surface area contributed by atoms with Crippen LogP contribution in [-0.4, -0.2) is 24.5 Å². The van der Waals surface area contributed by atoms with Gasteiger partial charge < -0.3 is 5.11 Å². The van der Waals surface area contributed by atoms with Gasteiger partial charge in [-0.3, -0.25) is 4.72 Å². The summed E-state index contributed by atoms with van der Waals surface area (Å²) in [5, 5.41) is 9.77. The Bertz CT molecular complexity index is 1470. The summed E-state index contributed by atoms with van der Waals surface area (Å²) in [6.45, 7) is 0. The van der Waals surface area contributed by atoms with Crippen molar-refractivity contribution in [2.45, 2.75) is 14.1 Å². The number of carbonyl (C=O) groups is 1. The van der Waals surface area contributed by atoms with E-state index < -0.39 is 16.0 Å². The van der Waals surface area contributed by atoms with Gasteiger partial charge in [0.25, 0.3) is 10.0 Å². The third kappa shape index (κ3) is 4.98. The number of halogens is 3. The maximum Gasteiger partial charge on any atom is 0.335 e. The van der Waals surface area contributed by atoms with E-state index in [0.717, 1.165) is 4.70 Å². The van der Waals surface area contributed by atoms with Crippen molar-refractivity contribution < 1.29 is 18.3 Å². The highest BCUT2D eigenvalue weighted by molar-refractivity contribution is 8.01. The van der Waals surface area contributed by atoms with Gasteiger partial charge in [0.2, 0.25) is 0 Å². The molecule has 0 bridgehead atoms. The molecule has 0 unspecified atom stereocenters. The van der Waals surface area contributed by atoms with E-state index >= 15 is 0 Å². The molecule has 164 valence electrons. The first kappa shape index (κ1) is 23.2. The van der Waals surface area contributed by atoms with Crippen molar-refractivity contribution in [3.8, 4) is 0 Å². The Kier molecular flexibility index (Phi) is 6.58. The van der Waals surface area contributed by atoms with E-state index in [1.807, 2.05) is 0 Å². The number of benzene rings is 3. The van der Waals surface area contributed by atoms with Crippen LogP contribution in [0.1, 0.15) is 10.4 Å². The van der Waals surface area contributed by atoms with E-state index in [2.05, 4.69) is 9.71 Å². The smallest absolute Gasteiger partial charge is 0.335 e. The maximum absolute atomic E-state index is 12.7. The number of anilines is 1. The number of carboxylic acids is 1. The van der Waals surface area contributed by atoms with Crippen molar-refractivity contribution in [2.75, 3.05) is 4.72 Å². The van der Waals surface area contributed by atoms with E-state index in [9.17, 15) is 13.2 Å². The molecule has 1 heterocycles. The molecular formula is C20H11Cl3N2O4S3. The van der Waals surface area contributed by atoms with Crippen LogP contribution < -0.4 is 4.72 Å². The van der Waals surface area contributed by atoms with Crippen molar-refractivity contribution >= 4 is 89.8 Å². The summed E-state index contributed by atoms with van der Waals surface area (Å²) in [6.07, 6.45) is 0. The molecule has 0 spiro atoms. The lowest BCUT2D eigenvalue weighted by Crippen LogP contribution is -2.13. The molecule has 0 saturated carbocycles. The Hall–Kier alpha value is -2.01. The molecule has 0 saturated heterocycles. The minimum atomic E-state index is -3.94. The molecule has 4 aromatic rings. The van der Waals surface area contributed by atoms with Crippen molar-refractivity contribution in [2.24, 2.45) is 0 Å². The maximum atomic E-state index is 12.7. The first-order chi connectivity index (χ1) is 15.1. The van der Waals surface area contributed by atoms with Gasteiger partial charge in [-0.05, 0) is 54.6 Å². The number of hydrogen-bond donors (Lipinski definition) is 2. The molecule has 1 aromatic heterocycles. The lowest BCUT2D eigenvalue weighted by Gasteiger charge is -2.11. The number of aromatic carboxylic acids is 1. The molecule has 12 heteroatoms. The minimum absolute atomic E-state index is 0.00478. The van der Waals surface area contributed by atoms with Crippen LogP contribution in [0.2, 0.25) is 15.1 Å². The second-order valence-electron chi connectivity index (χ2n) is 6.39. The van der Waals surface area contributed by atoms with E-state index in [1.165, 1.54) is 59.5 Å². The number of thiazole rings is 1. The molecule has 0 aliphatic heterocycles. The zero-order chi connectivity index (χ0) is 23.0. The zero-order valence-electron chi connectivity index (χ0n) is 15.7. The lowest BCUT2D eigenvalue weighted by atomic mass is 10.2. The van der Waals surface area contributed by atoms with Crippen LogP contribution in [0.5, 0.6) is 0 Å². The van der Waals surface area contributed by atoms with E-state index in [0.29, 0.717) is 24.8 Å². The van der Waals surface area contributed by atoms with Crippen molar-refractivity contribution in [3.63, 3.8) is 0 Å². The lowest BCUT2D eigenvalue weighted by molar-refractivity contribution is 0.0697. The van der Waals surface area contributed by atoms with Crippen LogP contribution in [0.3, 0.4) is 0 Å². The summed E-state index contributed by atoms with van der Waals surface area (Å²) in [5.74, 6) is -1.02. The molecule has 6 nitrogen and oxygen atoms in total. The van der Waals surface area contributed by atoms with Crippen LogP contribution in [0, 0.1) is 0 Å². The number of nitrogens with one attached hydrogen (secondary N) is 1. The Morgan fingerprint density at radius 3 is 2.47 bits per heavy atom. The van der Waals surface area contributed by atoms with Crippen LogP contribution in [0.4, 0.5) is 5.69 Å². The summed E-state index contributed by atoms with van der Waals surface area (Å²) in [6, 6.07) is 13.6. The number of nitrogens with zero attached hydrogens (tertiary/aromatic N) is 1. The van der Waals surface area contributed by atoms with Gasteiger partial charge in [0.1, 0.15) is 4.90 Å². The molecule has 0 radical (unpaired) electrons. The van der Waals surface area contributed by atoms with Crippen molar-refractivity contribution in [3.05, 3.63) is 75.2 Å². The fourth-order valence-electron chi connectivity index (χ4n) is 2.73. The van der Waals surface area contributed by atoms with E-state index in [-0.39, 0.29) is 21.2 Å². The fraction of sp³-hybridized carbons (Fsp3) is 0. The number of hydrogen-bond acceptors (Lipinski definition) is 6. The molecule has 4 rings (SSSR count). The molecular weight excluding hydrogens is 535 g/mol. The standard InChI is InChI=1S/C20H11Cl3N2O4S3/c21-11-2-6-18(14(23)8-11)32(28,29)25-12-3-5-16(13(22)9-12)30-20-24-15-7-10(19(26)27)1-4-17(15)31-20/h1-9,25H,(H,26,27).